The summed E-state index contributed by atoms with van der Waals surface area (Å²) in [6.45, 7) is 1.19. The average molecular weight is 255 g/mol. The van der Waals surface area contributed by atoms with Gasteiger partial charge in [-0.25, -0.2) is 4.79 Å². The fraction of sp³-hybridized carbons (Fsp3) is 0.833. The van der Waals surface area contributed by atoms with E-state index in [1.165, 1.54) is 7.11 Å². The number of methoxy groups -OCH3 is 1. The molecule has 1 saturated carbocycles. The molecular formula is C12H21N3O3. The SMILES string of the molecule is COC(=O)NC1CCN(C(=O)C2(N)CCCC2)C1. The van der Waals surface area contributed by atoms with E-state index in [1.54, 1.807) is 4.90 Å². The molecule has 3 N–H and O–H groups in total. The van der Waals surface area contributed by atoms with Gasteiger partial charge in [-0.3, -0.25) is 4.79 Å². The van der Waals surface area contributed by atoms with Gasteiger partial charge in [0.2, 0.25) is 5.91 Å². The van der Waals surface area contributed by atoms with Crippen molar-refractivity contribution in [2.75, 3.05) is 20.2 Å². The van der Waals surface area contributed by atoms with Gasteiger partial charge in [-0.1, -0.05) is 12.8 Å². The topological polar surface area (TPSA) is 84.7 Å². The Morgan fingerprint density at radius 1 is 1.39 bits per heavy atom. The number of carbonyl (C=O) groups excluding carboxylic acids is 2. The van der Waals surface area contributed by atoms with Crippen molar-refractivity contribution in [1.82, 2.24) is 10.2 Å². The molecule has 2 aliphatic rings. The summed E-state index contributed by atoms with van der Waals surface area (Å²) >= 11 is 0. The van der Waals surface area contributed by atoms with Crippen LogP contribution in [0, 0.1) is 0 Å². The monoisotopic (exact) mass is 255 g/mol. The van der Waals surface area contributed by atoms with Crippen LogP contribution in [0.1, 0.15) is 32.1 Å². The zero-order valence-electron chi connectivity index (χ0n) is 10.8. The molecule has 102 valence electrons. The van der Waals surface area contributed by atoms with Crippen LogP contribution >= 0.6 is 0 Å². The van der Waals surface area contributed by atoms with Crippen LogP contribution < -0.4 is 11.1 Å². The number of ether oxygens (including phenoxy) is 1. The molecule has 0 bridgehead atoms. The van der Waals surface area contributed by atoms with Crippen molar-refractivity contribution >= 4 is 12.0 Å². The molecule has 1 unspecified atom stereocenters. The predicted molar refractivity (Wildman–Crippen MR) is 65.9 cm³/mol. The van der Waals surface area contributed by atoms with E-state index in [0.717, 1.165) is 32.1 Å². The Hall–Kier alpha value is -1.30. The molecule has 1 heterocycles. The summed E-state index contributed by atoms with van der Waals surface area (Å²) in [6, 6.07) is -0.0218. The summed E-state index contributed by atoms with van der Waals surface area (Å²) in [4.78, 5) is 25.2. The molecule has 6 nitrogen and oxygen atoms in total. The van der Waals surface area contributed by atoms with Gasteiger partial charge in [0, 0.05) is 13.1 Å². The van der Waals surface area contributed by atoms with Gasteiger partial charge in [-0.2, -0.15) is 0 Å². The number of nitrogens with zero attached hydrogens (tertiary/aromatic N) is 1. The zero-order valence-corrected chi connectivity index (χ0v) is 10.8. The molecule has 1 saturated heterocycles. The average Bonchev–Trinajstić information content (AvgIpc) is 2.98. The third-order valence-electron chi connectivity index (χ3n) is 3.90. The summed E-state index contributed by atoms with van der Waals surface area (Å²) in [5.74, 6) is 0.0363. The molecule has 1 aliphatic heterocycles. The molecule has 0 aromatic heterocycles. The number of hydrogen-bond acceptors (Lipinski definition) is 4. The highest BCUT2D eigenvalue weighted by molar-refractivity contribution is 5.86. The third kappa shape index (κ3) is 2.58. The highest BCUT2D eigenvalue weighted by Gasteiger charge is 2.41. The Bertz CT molecular complexity index is 339. The second kappa shape index (κ2) is 5.14. The molecule has 0 aromatic carbocycles. The molecular weight excluding hydrogens is 234 g/mol. The van der Waals surface area contributed by atoms with Crippen LogP contribution in [0.15, 0.2) is 0 Å². The van der Waals surface area contributed by atoms with Crippen molar-refractivity contribution in [1.29, 1.82) is 0 Å². The van der Waals surface area contributed by atoms with Gasteiger partial charge in [0.1, 0.15) is 0 Å². The Kier molecular flexibility index (Phi) is 3.75. The van der Waals surface area contributed by atoms with Gasteiger partial charge in [0.15, 0.2) is 0 Å². The van der Waals surface area contributed by atoms with E-state index in [2.05, 4.69) is 10.1 Å². The lowest BCUT2D eigenvalue weighted by Gasteiger charge is -2.28. The molecule has 18 heavy (non-hydrogen) atoms. The van der Waals surface area contributed by atoms with Gasteiger partial charge < -0.3 is 20.7 Å². The molecule has 0 spiro atoms. The minimum Gasteiger partial charge on any atom is -0.453 e. The van der Waals surface area contributed by atoms with Gasteiger partial charge in [0.05, 0.1) is 18.7 Å². The molecule has 1 aliphatic carbocycles. The second-order valence-electron chi connectivity index (χ2n) is 5.24. The normalized spacial score (nSPS) is 26.1. The van der Waals surface area contributed by atoms with Gasteiger partial charge in [0.25, 0.3) is 0 Å². The van der Waals surface area contributed by atoms with E-state index < -0.39 is 11.6 Å². The fourth-order valence-electron chi connectivity index (χ4n) is 2.82. The van der Waals surface area contributed by atoms with Crippen LogP contribution in [0.25, 0.3) is 0 Å². The number of nitrogens with two attached hydrogens (primary N) is 1. The minimum atomic E-state index is -0.667. The maximum atomic E-state index is 12.3. The van der Waals surface area contributed by atoms with Crippen LogP contribution in [-0.2, 0) is 9.53 Å². The van der Waals surface area contributed by atoms with Crippen LogP contribution in [0.5, 0.6) is 0 Å². The Labute approximate surface area is 107 Å². The smallest absolute Gasteiger partial charge is 0.407 e. The number of alkyl carbamates (subject to hydrolysis) is 1. The van der Waals surface area contributed by atoms with Crippen molar-refractivity contribution < 1.29 is 14.3 Å². The van der Waals surface area contributed by atoms with Crippen LogP contribution in [0.4, 0.5) is 4.79 Å². The lowest BCUT2D eigenvalue weighted by Crippen LogP contribution is -2.53. The van der Waals surface area contributed by atoms with Gasteiger partial charge in [-0.05, 0) is 19.3 Å². The summed E-state index contributed by atoms with van der Waals surface area (Å²) in [5.41, 5.74) is 5.49. The van der Waals surface area contributed by atoms with Crippen molar-refractivity contribution in [3.63, 3.8) is 0 Å². The fourth-order valence-corrected chi connectivity index (χ4v) is 2.82. The van der Waals surface area contributed by atoms with Crippen molar-refractivity contribution in [3.8, 4) is 0 Å². The van der Waals surface area contributed by atoms with Crippen molar-refractivity contribution in [3.05, 3.63) is 0 Å². The summed E-state index contributed by atoms with van der Waals surface area (Å²) < 4.78 is 4.55. The zero-order chi connectivity index (χ0) is 13.2. The van der Waals surface area contributed by atoms with E-state index in [4.69, 9.17) is 5.73 Å². The molecule has 0 radical (unpaired) electrons. The highest BCUT2D eigenvalue weighted by atomic mass is 16.5. The quantitative estimate of drug-likeness (QED) is 0.739. The molecule has 2 rings (SSSR count). The van der Waals surface area contributed by atoms with Crippen LogP contribution in [0.3, 0.4) is 0 Å². The highest BCUT2D eigenvalue weighted by Crippen LogP contribution is 2.30. The number of nitrogens with one attached hydrogen (secondary N) is 1. The minimum absolute atomic E-state index is 0.0218. The Morgan fingerprint density at radius 2 is 2.06 bits per heavy atom. The number of rotatable bonds is 2. The molecule has 2 amide bonds. The van der Waals surface area contributed by atoms with Crippen LogP contribution in [0.2, 0.25) is 0 Å². The van der Waals surface area contributed by atoms with Crippen molar-refractivity contribution in [2.45, 2.75) is 43.7 Å². The molecule has 0 aromatic rings. The first-order valence-electron chi connectivity index (χ1n) is 6.48. The number of hydrogen-bond donors (Lipinski definition) is 2. The van der Waals surface area contributed by atoms with E-state index in [9.17, 15) is 9.59 Å². The number of likely N-dealkylation sites (tertiary alicyclic amines) is 1. The Balaban J connectivity index is 1.88. The first-order valence-corrected chi connectivity index (χ1v) is 6.48. The molecule has 6 heteroatoms. The van der Waals surface area contributed by atoms with Crippen LogP contribution in [-0.4, -0.2) is 48.7 Å². The summed E-state index contributed by atoms with van der Waals surface area (Å²) in [5, 5.41) is 2.72. The maximum Gasteiger partial charge on any atom is 0.407 e. The van der Waals surface area contributed by atoms with Gasteiger partial charge in [-0.15, -0.1) is 0 Å². The number of carbonyl (C=O) groups is 2. The largest absolute Gasteiger partial charge is 0.453 e. The molecule has 2 fully saturated rings. The predicted octanol–water partition coefficient (Wildman–Crippen LogP) is 0.215. The van der Waals surface area contributed by atoms with E-state index in [0.29, 0.717) is 13.1 Å². The molecule has 1 atom stereocenters. The second-order valence-corrected chi connectivity index (χ2v) is 5.24. The van der Waals surface area contributed by atoms with Gasteiger partial charge >= 0.3 is 6.09 Å². The first-order chi connectivity index (χ1) is 8.55. The van der Waals surface area contributed by atoms with E-state index in [-0.39, 0.29) is 11.9 Å². The third-order valence-corrected chi connectivity index (χ3v) is 3.90. The Morgan fingerprint density at radius 3 is 2.67 bits per heavy atom. The maximum absolute atomic E-state index is 12.3. The number of amides is 2. The van der Waals surface area contributed by atoms with E-state index >= 15 is 0 Å². The standard InChI is InChI=1S/C12H21N3O3/c1-18-11(17)14-9-4-7-15(8-9)10(16)12(13)5-2-3-6-12/h9H,2-8,13H2,1H3,(H,14,17). The first kappa shape index (κ1) is 13.1. The van der Waals surface area contributed by atoms with Crippen molar-refractivity contribution in [2.24, 2.45) is 5.73 Å². The lowest BCUT2D eigenvalue weighted by atomic mass is 9.97. The lowest BCUT2D eigenvalue weighted by molar-refractivity contribution is -0.135. The van der Waals surface area contributed by atoms with E-state index in [1.807, 2.05) is 0 Å². The summed E-state index contributed by atoms with van der Waals surface area (Å²) in [7, 11) is 1.33. The summed E-state index contributed by atoms with van der Waals surface area (Å²) in [6.07, 6.45) is 3.92.